The molecule has 1 heterocycles. The fourth-order valence-corrected chi connectivity index (χ4v) is 1.76. The summed E-state index contributed by atoms with van der Waals surface area (Å²) in [5.74, 6) is -0.307. The average Bonchev–Trinajstić information content (AvgIpc) is 2.73. The summed E-state index contributed by atoms with van der Waals surface area (Å²) in [4.78, 5) is 7.42. The van der Waals surface area contributed by atoms with Gasteiger partial charge in [-0.1, -0.05) is 13.8 Å². The van der Waals surface area contributed by atoms with Gasteiger partial charge in [0.15, 0.2) is 0 Å². The summed E-state index contributed by atoms with van der Waals surface area (Å²) in [6, 6.07) is 3.44. The van der Waals surface area contributed by atoms with Crippen LogP contribution in [0.25, 0.3) is 11.3 Å². The number of hydrogen-bond donors (Lipinski definition) is 2. The molecule has 0 aliphatic carbocycles. The van der Waals surface area contributed by atoms with Crippen LogP contribution in [0.3, 0.4) is 0 Å². The quantitative estimate of drug-likeness (QED) is 0.881. The molecule has 0 aliphatic rings. The van der Waals surface area contributed by atoms with Crippen molar-refractivity contribution < 1.29 is 8.78 Å². The molecule has 3 N–H and O–H groups in total. The smallest absolute Gasteiger partial charge is 0.135 e. The van der Waals surface area contributed by atoms with Crippen LogP contribution < -0.4 is 5.73 Å². The maximum Gasteiger partial charge on any atom is 0.135 e. The minimum absolute atomic E-state index is 0.188. The number of nitrogens with one attached hydrogen (secondary N) is 1. The van der Waals surface area contributed by atoms with E-state index in [1.54, 1.807) is 0 Å². The first-order chi connectivity index (χ1) is 8.52. The van der Waals surface area contributed by atoms with E-state index in [1.807, 2.05) is 13.8 Å². The number of aromatic nitrogens is 2. The highest BCUT2D eigenvalue weighted by atomic mass is 19.1. The van der Waals surface area contributed by atoms with Gasteiger partial charge in [-0.3, -0.25) is 0 Å². The number of aromatic amines is 1. The largest absolute Gasteiger partial charge is 0.344 e. The molecule has 0 amide bonds. The molecule has 1 aromatic heterocycles. The van der Waals surface area contributed by atoms with Crippen LogP contribution in [0.5, 0.6) is 0 Å². The van der Waals surface area contributed by atoms with Gasteiger partial charge in [0.1, 0.15) is 17.5 Å². The van der Waals surface area contributed by atoms with Crippen LogP contribution in [-0.4, -0.2) is 9.97 Å². The van der Waals surface area contributed by atoms with Gasteiger partial charge in [-0.05, 0) is 12.1 Å². The van der Waals surface area contributed by atoms with Gasteiger partial charge < -0.3 is 10.7 Å². The Balaban J connectivity index is 2.55. The van der Waals surface area contributed by atoms with Crippen molar-refractivity contribution in [3.63, 3.8) is 0 Å². The summed E-state index contributed by atoms with van der Waals surface area (Å²) in [5.41, 5.74) is 6.99. The first-order valence-electron chi connectivity index (χ1n) is 5.77. The van der Waals surface area contributed by atoms with Crippen molar-refractivity contribution in [1.82, 2.24) is 9.97 Å². The summed E-state index contributed by atoms with van der Waals surface area (Å²) in [6.45, 7) is 4.18. The van der Waals surface area contributed by atoms with Gasteiger partial charge in [-0.2, -0.15) is 0 Å². The monoisotopic (exact) mass is 251 g/mol. The van der Waals surface area contributed by atoms with Crippen molar-refractivity contribution >= 4 is 0 Å². The van der Waals surface area contributed by atoms with E-state index in [0.717, 1.165) is 11.9 Å². The highest BCUT2D eigenvalue weighted by Gasteiger charge is 2.16. The zero-order valence-corrected chi connectivity index (χ0v) is 10.3. The molecule has 2 rings (SSSR count). The van der Waals surface area contributed by atoms with Crippen molar-refractivity contribution in [1.29, 1.82) is 0 Å². The van der Waals surface area contributed by atoms with Crippen molar-refractivity contribution in [2.45, 2.75) is 26.3 Å². The van der Waals surface area contributed by atoms with Crippen LogP contribution in [0.1, 0.15) is 31.3 Å². The summed E-state index contributed by atoms with van der Waals surface area (Å²) >= 11 is 0. The summed E-state index contributed by atoms with van der Waals surface area (Å²) < 4.78 is 26.6. The van der Waals surface area contributed by atoms with Crippen molar-refractivity contribution in [3.05, 3.63) is 41.4 Å². The molecule has 18 heavy (non-hydrogen) atoms. The molecular formula is C13H15F2N3. The van der Waals surface area contributed by atoms with E-state index in [0.29, 0.717) is 11.4 Å². The van der Waals surface area contributed by atoms with Crippen LogP contribution in [0, 0.1) is 11.6 Å². The first kappa shape index (κ1) is 12.7. The van der Waals surface area contributed by atoms with Crippen molar-refractivity contribution in [3.8, 4) is 11.3 Å². The molecule has 0 atom stereocenters. The Morgan fingerprint density at radius 1 is 1.33 bits per heavy atom. The predicted octanol–water partition coefficient (Wildman–Crippen LogP) is 2.94. The third-order valence-electron chi connectivity index (χ3n) is 2.73. The lowest BCUT2D eigenvalue weighted by Gasteiger charge is -2.02. The van der Waals surface area contributed by atoms with Crippen LogP contribution in [0.4, 0.5) is 8.78 Å². The molecule has 0 saturated carbocycles. The fourth-order valence-electron chi connectivity index (χ4n) is 1.76. The number of H-pyrrole nitrogens is 1. The maximum atomic E-state index is 13.7. The number of nitrogens with zero attached hydrogens (tertiary/aromatic N) is 1. The molecule has 0 aliphatic heterocycles. The fraction of sp³-hybridized carbons (Fsp3) is 0.308. The predicted molar refractivity (Wildman–Crippen MR) is 65.9 cm³/mol. The zero-order chi connectivity index (χ0) is 13.3. The Bertz CT molecular complexity index is 561. The standard InChI is InChI=1S/C13H15F2N3/c1-7(2)13-17-11(6-16)12(18-13)9-4-3-8(14)5-10(9)15/h3-5,7H,6,16H2,1-2H3,(H,17,18). The van der Waals surface area contributed by atoms with Crippen LogP contribution in [0.2, 0.25) is 0 Å². The molecule has 0 radical (unpaired) electrons. The first-order valence-corrected chi connectivity index (χ1v) is 5.77. The lowest BCUT2D eigenvalue weighted by Crippen LogP contribution is -2.00. The van der Waals surface area contributed by atoms with Crippen LogP contribution in [0.15, 0.2) is 18.2 Å². The average molecular weight is 251 g/mol. The minimum Gasteiger partial charge on any atom is -0.344 e. The molecule has 2 aromatic rings. The summed E-state index contributed by atoms with van der Waals surface area (Å²) in [6.07, 6.45) is 0. The Morgan fingerprint density at radius 3 is 2.61 bits per heavy atom. The van der Waals surface area contributed by atoms with Gasteiger partial charge in [-0.25, -0.2) is 13.8 Å². The highest BCUT2D eigenvalue weighted by molar-refractivity contribution is 5.63. The minimum atomic E-state index is -0.633. The van der Waals surface area contributed by atoms with E-state index >= 15 is 0 Å². The third kappa shape index (κ3) is 2.26. The number of halogens is 2. The lowest BCUT2D eigenvalue weighted by molar-refractivity contribution is 0.585. The van der Waals surface area contributed by atoms with E-state index in [4.69, 9.17) is 5.73 Å². The second-order valence-electron chi connectivity index (χ2n) is 4.43. The number of hydrogen-bond acceptors (Lipinski definition) is 2. The van der Waals surface area contributed by atoms with E-state index in [-0.39, 0.29) is 18.0 Å². The van der Waals surface area contributed by atoms with Crippen LogP contribution >= 0.6 is 0 Å². The van der Waals surface area contributed by atoms with E-state index in [2.05, 4.69) is 9.97 Å². The van der Waals surface area contributed by atoms with Gasteiger partial charge in [0.05, 0.1) is 11.4 Å². The van der Waals surface area contributed by atoms with Gasteiger partial charge >= 0.3 is 0 Å². The van der Waals surface area contributed by atoms with Crippen molar-refractivity contribution in [2.24, 2.45) is 5.73 Å². The highest BCUT2D eigenvalue weighted by Crippen LogP contribution is 2.26. The van der Waals surface area contributed by atoms with Gasteiger partial charge in [-0.15, -0.1) is 0 Å². The van der Waals surface area contributed by atoms with Gasteiger partial charge in [0.25, 0.3) is 0 Å². The SMILES string of the molecule is CC(C)c1nc(-c2ccc(F)cc2F)c(CN)[nH]1. The number of rotatable bonds is 3. The van der Waals surface area contributed by atoms with Crippen molar-refractivity contribution in [2.75, 3.05) is 0 Å². The number of benzene rings is 1. The molecular weight excluding hydrogens is 236 g/mol. The molecule has 0 saturated heterocycles. The third-order valence-corrected chi connectivity index (χ3v) is 2.73. The molecule has 5 heteroatoms. The second kappa shape index (κ2) is 4.86. The number of nitrogens with two attached hydrogens (primary N) is 1. The molecule has 0 fully saturated rings. The molecule has 0 spiro atoms. The molecule has 1 aromatic carbocycles. The Hall–Kier alpha value is -1.75. The second-order valence-corrected chi connectivity index (χ2v) is 4.43. The van der Waals surface area contributed by atoms with E-state index < -0.39 is 11.6 Å². The Morgan fingerprint density at radius 2 is 2.06 bits per heavy atom. The Labute approximate surface area is 104 Å². The van der Waals surface area contributed by atoms with E-state index in [9.17, 15) is 8.78 Å². The normalized spacial score (nSPS) is 11.2. The summed E-state index contributed by atoms with van der Waals surface area (Å²) in [7, 11) is 0. The topological polar surface area (TPSA) is 54.7 Å². The lowest BCUT2D eigenvalue weighted by atomic mass is 10.1. The zero-order valence-electron chi connectivity index (χ0n) is 10.3. The van der Waals surface area contributed by atoms with Gasteiger partial charge in [0, 0.05) is 24.1 Å². The van der Waals surface area contributed by atoms with E-state index in [1.165, 1.54) is 12.1 Å². The maximum absolute atomic E-state index is 13.7. The Kier molecular flexibility index (Phi) is 3.43. The number of imidazole rings is 1. The molecule has 3 nitrogen and oxygen atoms in total. The molecule has 0 bridgehead atoms. The molecule has 0 unspecified atom stereocenters. The van der Waals surface area contributed by atoms with Gasteiger partial charge in [0.2, 0.25) is 0 Å². The summed E-state index contributed by atoms with van der Waals surface area (Å²) in [5, 5.41) is 0. The molecule has 96 valence electrons. The van der Waals surface area contributed by atoms with Crippen LogP contribution in [-0.2, 0) is 6.54 Å².